The zero-order valence-electron chi connectivity index (χ0n) is 21.1. The van der Waals surface area contributed by atoms with Crippen molar-refractivity contribution in [3.8, 4) is 0 Å². The fourth-order valence-corrected chi connectivity index (χ4v) is 7.27. The number of hydrogen-bond donors (Lipinski definition) is 1. The summed E-state index contributed by atoms with van der Waals surface area (Å²) in [7, 11) is 0. The van der Waals surface area contributed by atoms with E-state index in [0.29, 0.717) is 16.8 Å². The fourth-order valence-electron chi connectivity index (χ4n) is 6.82. The summed E-state index contributed by atoms with van der Waals surface area (Å²) < 4.78 is 0. The highest BCUT2D eigenvalue weighted by Gasteiger charge is 2.70. The summed E-state index contributed by atoms with van der Waals surface area (Å²) in [5.41, 5.74) is 2.23. The van der Waals surface area contributed by atoms with E-state index >= 15 is 0 Å². The van der Waals surface area contributed by atoms with Crippen LogP contribution in [0, 0.1) is 5.92 Å². The fraction of sp³-hybridized carbons (Fsp3) is 0.121. The number of hydrogen-bond acceptors (Lipinski definition) is 4. The Hall–Kier alpha value is -4.19. The molecular weight excluding hydrogens is 543 g/mol. The van der Waals surface area contributed by atoms with Gasteiger partial charge in [0.15, 0.2) is 11.6 Å². The lowest BCUT2D eigenvalue weighted by atomic mass is 9.62. The van der Waals surface area contributed by atoms with Gasteiger partial charge in [0.05, 0.1) is 22.0 Å². The van der Waals surface area contributed by atoms with Gasteiger partial charge in [-0.3, -0.25) is 14.4 Å². The van der Waals surface area contributed by atoms with E-state index in [9.17, 15) is 14.4 Å². The summed E-state index contributed by atoms with van der Waals surface area (Å²) in [6.07, 6.45) is 3.76. The highest BCUT2D eigenvalue weighted by molar-refractivity contribution is 6.35. The number of amides is 1. The quantitative estimate of drug-likeness (QED) is 0.272. The number of halogens is 2. The van der Waals surface area contributed by atoms with E-state index in [4.69, 9.17) is 23.2 Å². The molecule has 0 aliphatic carbocycles. The molecule has 7 rings (SSSR count). The largest absolute Gasteiger partial charge is 0.358 e. The Labute approximate surface area is 241 Å². The normalized spacial score (nSPS) is 23.9. The standard InChI is InChI=1S/C33H22Cl2N2O3/c34-24-14-6-3-11-21(24)29(38)27-28(30(39)22-12-4-7-15-25(22)35)37-18-17-19-9-1-2-10-20(19)31(37)33(27)23-13-5-8-16-26(23)36-32(33)40/h1-18,27-28,31H,(H,36,40)/t27-,28+,31+,33+/m0/s1. The van der Waals surface area contributed by atoms with Crippen LogP contribution in [0.4, 0.5) is 5.69 Å². The van der Waals surface area contributed by atoms with Crippen LogP contribution in [0.25, 0.3) is 6.08 Å². The second-order valence-electron chi connectivity index (χ2n) is 10.3. The second-order valence-corrected chi connectivity index (χ2v) is 11.1. The van der Waals surface area contributed by atoms with Crippen molar-refractivity contribution in [3.63, 3.8) is 0 Å². The molecule has 1 fully saturated rings. The number of benzene rings is 4. The number of carbonyl (C=O) groups is 3. The Morgan fingerprint density at radius 2 is 1.35 bits per heavy atom. The first-order valence-corrected chi connectivity index (χ1v) is 13.7. The van der Waals surface area contributed by atoms with Gasteiger partial charge in [0.25, 0.3) is 0 Å². The smallest absolute Gasteiger partial charge is 0.238 e. The van der Waals surface area contributed by atoms with Crippen LogP contribution in [0.15, 0.2) is 103 Å². The summed E-state index contributed by atoms with van der Waals surface area (Å²) in [5, 5.41) is 3.59. The average molecular weight is 565 g/mol. The molecule has 196 valence electrons. The van der Waals surface area contributed by atoms with Crippen LogP contribution in [-0.4, -0.2) is 28.4 Å². The zero-order chi connectivity index (χ0) is 27.6. The Balaban J connectivity index is 1.57. The summed E-state index contributed by atoms with van der Waals surface area (Å²) in [4.78, 5) is 45.6. The van der Waals surface area contributed by atoms with Crippen LogP contribution in [0.2, 0.25) is 10.0 Å². The first-order valence-electron chi connectivity index (χ1n) is 13.0. The summed E-state index contributed by atoms with van der Waals surface area (Å²) in [6.45, 7) is 0. The van der Waals surface area contributed by atoms with Crippen molar-refractivity contribution in [2.24, 2.45) is 5.92 Å². The van der Waals surface area contributed by atoms with Crippen LogP contribution >= 0.6 is 23.2 Å². The molecule has 1 amide bonds. The molecule has 1 saturated heterocycles. The molecule has 3 aliphatic rings. The highest BCUT2D eigenvalue weighted by atomic mass is 35.5. The molecule has 1 spiro atoms. The second kappa shape index (κ2) is 9.19. The maximum atomic E-state index is 14.8. The van der Waals surface area contributed by atoms with E-state index < -0.39 is 23.4 Å². The summed E-state index contributed by atoms with van der Waals surface area (Å²) in [6, 6.07) is 27.1. The van der Waals surface area contributed by atoms with Crippen LogP contribution in [0.1, 0.15) is 43.4 Å². The average Bonchev–Trinajstić information content (AvgIpc) is 3.45. The van der Waals surface area contributed by atoms with Crippen LogP contribution in [0.5, 0.6) is 0 Å². The molecule has 40 heavy (non-hydrogen) atoms. The lowest BCUT2D eigenvalue weighted by Gasteiger charge is -2.38. The zero-order valence-corrected chi connectivity index (χ0v) is 22.6. The van der Waals surface area contributed by atoms with E-state index in [-0.39, 0.29) is 33.1 Å². The molecule has 5 nitrogen and oxygen atoms in total. The van der Waals surface area contributed by atoms with E-state index in [0.717, 1.165) is 11.1 Å². The molecular formula is C33H22Cl2N2O3. The van der Waals surface area contributed by atoms with Gasteiger partial charge in [-0.2, -0.15) is 0 Å². The minimum Gasteiger partial charge on any atom is -0.358 e. The van der Waals surface area contributed by atoms with Gasteiger partial charge >= 0.3 is 0 Å². The predicted molar refractivity (Wildman–Crippen MR) is 156 cm³/mol. The van der Waals surface area contributed by atoms with Crippen molar-refractivity contribution in [2.75, 3.05) is 5.32 Å². The first kappa shape index (κ1) is 24.8. The van der Waals surface area contributed by atoms with Gasteiger partial charge in [0.2, 0.25) is 5.91 Å². The number of nitrogens with zero attached hydrogens (tertiary/aromatic N) is 1. The van der Waals surface area contributed by atoms with Gasteiger partial charge in [0, 0.05) is 23.0 Å². The third kappa shape index (κ3) is 3.31. The molecule has 0 unspecified atom stereocenters. The SMILES string of the molecule is O=C(c1ccccc1Cl)[C@@H]1[C@H](C(=O)c2ccccc2Cl)N2C=Cc3ccccc3[C@@H]2[C@]12C(=O)Nc1ccccc12. The first-order chi connectivity index (χ1) is 19.4. The lowest BCUT2D eigenvalue weighted by molar-refractivity contribution is -0.122. The van der Waals surface area contributed by atoms with Gasteiger partial charge < -0.3 is 10.2 Å². The van der Waals surface area contributed by atoms with Gasteiger partial charge in [-0.05, 0) is 53.1 Å². The molecule has 0 radical (unpaired) electrons. The minimum atomic E-state index is -1.42. The minimum absolute atomic E-state index is 0.263. The maximum absolute atomic E-state index is 14.8. The maximum Gasteiger partial charge on any atom is 0.238 e. The van der Waals surface area contributed by atoms with Crippen molar-refractivity contribution in [1.29, 1.82) is 0 Å². The molecule has 0 saturated carbocycles. The number of rotatable bonds is 4. The number of fused-ring (bicyclic) bond motifs is 6. The van der Waals surface area contributed by atoms with E-state index in [1.165, 1.54) is 0 Å². The highest BCUT2D eigenvalue weighted by Crippen LogP contribution is 2.62. The van der Waals surface area contributed by atoms with E-state index in [1.807, 2.05) is 65.7 Å². The predicted octanol–water partition coefficient (Wildman–Crippen LogP) is 6.98. The number of ketones is 2. The summed E-state index contributed by atoms with van der Waals surface area (Å²) in [5.74, 6) is -2.14. The molecule has 1 N–H and O–H groups in total. The van der Waals surface area contributed by atoms with Gasteiger partial charge in [-0.15, -0.1) is 0 Å². The number of para-hydroxylation sites is 1. The number of anilines is 1. The molecule has 0 bridgehead atoms. The van der Waals surface area contributed by atoms with Crippen molar-refractivity contribution in [2.45, 2.75) is 17.5 Å². The molecule has 7 heteroatoms. The molecule has 4 aromatic rings. The Morgan fingerprint density at radius 3 is 2.08 bits per heavy atom. The van der Waals surface area contributed by atoms with E-state index in [2.05, 4.69) is 5.32 Å². The Bertz CT molecular complexity index is 1770. The van der Waals surface area contributed by atoms with Gasteiger partial charge in [-0.1, -0.05) is 89.9 Å². The van der Waals surface area contributed by atoms with Gasteiger partial charge in [0.1, 0.15) is 11.5 Å². The molecule has 4 atom stereocenters. The monoisotopic (exact) mass is 564 g/mol. The third-order valence-electron chi connectivity index (χ3n) is 8.40. The lowest BCUT2D eigenvalue weighted by Crippen LogP contribution is -2.49. The van der Waals surface area contributed by atoms with E-state index in [1.54, 1.807) is 48.5 Å². The van der Waals surface area contributed by atoms with Crippen LogP contribution in [-0.2, 0) is 10.2 Å². The van der Waals surface area contributed by atoms with Crippen molar-refractivity contribution in [1.82, 2.24) is 4.90 Å². The molecule has 0 aromatic heterocycles. The van der Waals surface area contributed by atoms with Crippen molar-refractivity contribution < 1.29 is 14.4 Å². The third-order valence-corrected chi connectivity index (χ3v) is 9.06. The Kier molecular flexibility index (Phi) is 5.70. The topological polar surface area (TPSA) is 66.5 Å². The van der Waals surface area contributed by atoms with Crippen LogP contribution < -0.4 is 5.32 Å². The molecule has 4 aromatic carbocycles. The van der Waals surface area contributed by atoms with Crippen molar-refractivity contribution >= 4 is 52.4 Å². The molecule has 3 heterocycles. The number of nitrogens with one attached hydrogen (secondary N) is 1. The Morgan fingerprint density at radius 1 is 0.750 bits per heavy atom. The number of carbonyl (C=O) groups excluding carboxylic acids is 3. The van der Waals surface area contributed by atoms with Gasteiger partial charge in [-0.25, -0.2) is 0 Å². The molecule has 3 aliphatic heterocycles. The van der Waals surface area contributed by atoms with Crippen LogP contribution in [0.3, 0.4) is 0 Å². The van der Waals surface area contributed by atoms with Crippen molar-refractivity contribution in [3.05, 3.63) is 141 Å². The summed E-state index contributed by atoms with van der Waals surface area (Å²) >= 11 is 13.1. The number of Topliss-reactive ketones (excluding diaryl/α,β-unsaturated/α-hetero) is 2.